The number of halogens is 9. The van der Waals surface area contributed by atoms with E-state index in [4.69, 9.17) is 0 Å². The van der Waals surface area contributed by atoms with Crippen molar-refractivity contribution in [2.24, 2.45) is 0 Å². The molecule has 0 heterocycles. The van der Waals surface area contributed by atoms with Crippen molar-refractivity contribution >= 4 is 0 Å². The predicted octanol–water partition coefficient (Wildman–Crippen LogP) is 4.46. The van der Waals surface area contributed by atoms with E-state index in [-0.39, 0.29) is 6.42 Å². The Morgan fingerprint density at radius 2 is 1.12 bits per heavy atom. The Hall–Kier alpha value is -0.630. The number of hydrogen-bond acceptors (Lipinski definition) is 0. The highest BCUT2D eigenvalue weighted by Gasteiger charge is 2.81. The van der Waals surface area contributed by atoms with E-state index in [0.29, 0.717) is 0 Å². The summed E-state index contributed by atoms with van der Waals surface area (Å²) in [5.41, 5.74) is 0. The minimum Gasteiger partial charge on any atom is -0.200 e. The van der Waals surface area contributed by atoms with Crippen LogP contribution in [0.2, 0.25) is 0 Å². The van der Waals surface area contributed by atoms with E-state index in [1.54, 1.807) is 0 Å². The van der Waals surface area contributed by atoms with Crippen molar-refractivity contribution in [3.8, 4) is 0 Å². The highest BCUT2D eigenvalue weighted by molar-refractivity contribution is 5.00. The topological polar surface area (TPSA) is 0 Å². The van der Waals surface area contributed by atoms with Crippen LogP contribution in [0, 0.1) is 6.92 Å². The van der Waals surface area contributed by atoms with Crippen LogP contribution in [0.1, 0.15) is 19.3 Å². The number of unbranched alkanes of at least 4 members (excludes halogenated alkanes) is 1. The second-order valence-electron chi connectivity index (χ2n) is 3.31. The van der Waals surface area contributed by atoms with Crippen LogP contribution in [0.15, 0.2) is 0 Å². The van der Waals surface area contributed by atoms with E-state index < -0.39 is 36.8 Å². The molecule has 103 valence electrons. The fourth-order valence-electron chi connectivity index (χ4n) is 0.912. The smallest absolute Gasteiger partial charge is 0.200 e. The third-order valence-electron chi connectivity index (χ3n) is 1.95. The van der Waals surface area contributed by atoms with Gasteiger partial charge < -0.3 is 0 Å². The molecule has 0 saturated carbocycles. The van der Waals surface area contributed by atoms with E-state index in [9.17, 15) is 39.5 Å². The molecule has 0 atom stereocenters. The van der Waals surface area contributed by atoms with Crippen LogP contribution in [0.5, 0.6) is 0 Å². The number of alkyl halides is 9. The molecule has 0 aromatic heterocycles. The van der Waals surface area contributed by atoms with Crippen LogP contribution >= 0.6 is 0 Å². The maximum atomic E-state index is 12.7. The maximum Gasteiger partial charge on any atom is 0.460 e. The van der Waals surface area contributed by atoms with Crippen LogP contribution in [-0.2, 0) is 0 Å². The number of hydrogen-bond donors (Lipinski definition) is 0. The van der Waals surface area contributed by atoms with Crippen molar-refractivity contribution in [2.45, 2.75) is 43.2 Å². The summed E-state index contributed by atoms with van der Waals surface area (Å²) < 4.78 is 110. The van der Waals surface area contributed by atoms with Gasteiger partial charge in [0.25, 0.3) is 0 Å². The van der Waals surface area contributed by atoms with Gasteiger partial charge in [-0.1, -0.05) is 13.3 Å². The molecule has 0 unspecified atom stereocenters. The summed E-state index contributed by atoms with van der Waals surface area (Å²) in [5, 5.41) is 0. The molecule has 0 N–H and O–H groups in total. The van der Waals surface area contributed by atoms with Gasteiger partial charge in [-0.25, -0.2) is 0 Å². The Labute approximate surface area is 90.8 Å². The molecule has 0 bridgehead atoms. The third kappa shape index (κ3) is 2.79. The van der Waals surface area contributed by atoms with Crippen LogP contribution in [-0.4, -0.2) is 23.9 Å². The van der Waals surface area contributed by atoms with Crippen LogP contribution in [0.25, 0.3) is 0 Å². The molecule has 0 aliphatic carbocycles. The minimum atomic E-state index is -6.79. The third-order valence-corrected chi connectivity index (χ3v) is 1.95. The molecule has 0 aliphatic rings. The summed E-state index contributed by atoms with van der Waals surface area (Å²) >= 11 is 0. The van der Waals surface area contributed by atoms with Gasteiger partial charge in [-0.3, -0.25) is 0 Å². The monoisotopic (exact) mass is 275 g/mol. The molecule has 0 amide bonds. The lowest BCUT2D eigenvalue weighted by Crippen LogP contribution is -2.60. The Morgan fingerprint density at radius 1 is 0.706 bits per heavy atom. The van der Waals surface area contributed by atoms with Gasteiger partial charge in [0.05, 0.1) is 0 Å². The first-order chi connectivity index (χ1) is 7.31. The molecular formula is C8H8F9. The summed E-state index contributed by atoms with van der Waals surface area (Å²) in [6, 6.07) is 0. The fourth-order valence-corrected chi connectivity index (χ4v) is 0.912. The van der Waals surface area contributed by atoms with Crippen LogP contribution < -0.4 is 0 Å². The van der Waals surface area contributed by atoms with Gasteiger partial charge in [0.2, 0.25) is 0 Å². The summed E-state index contributed by atoms with van der Waals surface area (Å²) in [6.45, 7) is 2.99. The zero-order chi connectivity index (χ0) is 14.1. The normalized spacial score (nSPS) is 15.2. The standard InChI is InChI=1S/C8H8F9/c1-2-3-4-5(9,10)6(11,12)7(13,14)8(15,16)17/h1-4H2. The van der Waals surface area contributed by atoms with E-state index in [1.165, 1.54) is 0 Å². The van der Waals surface area contributed by atoms with Crippen molar-refractivity contribution in [1.82, 2.24) is 0 Å². The fraction of sp³-hybridized carbons (Fsp3) is 0.875. The Kier molecular flexibility index (Phi) is 4.40. The average Bonchev–Trinajstić information content (AvgIpc) is 2.12. The molecule has 17 heavy (non-hydrogen) atoms. The lowest BCUT2D eigenvalue weighted by molar-refractivity contribution is -0.396. The van der Waals surface area contributed by atoms with E-state index in [0.717, 1.165) is 0 Å². The quantitative estimate of drug-likeness (QED) is 0.650. The Bertz CT molecular complexity index is 252. The van der Waals surface area contributed by atoms with Crippen molar-refractivity contribution in [1.29, 1.82) is 0 Å². The van der Waals surface area contributed by atoms with Crippen molar-refractivity contribution in [2.75, 3.05) is 0 Å². The van der Waals surface area contributed by atoms with Gasteiger partial charge in [0.1, 0.15) is 0 Å². The zero-order valence-corrected chi connectivity index (χ0v) is 8.23. The summed E-state index contributed by atoms with van der Waals surface area (Å²) in [6.07, 6.45) is -9.53. The summed E-state index contributed by atoms with van der Waals surface area (Å²) in [5.74, 6) is -18.7. The molecule has 0 aliphatic heterocycles. The van der Waals surface area contributed by atoms with Gasteiger partial charge in [-0.2, -0.15) is 39.5 Å². The molecule has 0 spiro atoms. The molecule has 0 nitrogen and oxygen atoms in total. The zero-order valence-electron chi connectivity index (χ0n) is 8.23. The molecule has 0 aromatic rings. The van der Waals surface area contributed by atoms with E-state index >= 15 is 0 Å². The van der Waals surface area contributed by atoms with Crippen molar-refractivity contribution in [3.05, 3.63) is 6.92 Å². The predicted molar refractivity (Wildman–Crippen MR) is 40.1 cm³/mol. The molecule has 9 heteroatoms. The molecule has 0 rings (SSSR count). The Morgan fingerprint density at radius 3 is 1.41 bits per heavy atom. The first-order valence-electron chi connectivity index (χ1n) is 4.30. The first kappa shape index (κ1) is 16.4. The van der Waals surface area contributed by atoms with Crippen molar-refractivity contribution < 1.29 is 39.5 Å². The first-order valence-corrected chi connectivity index (χ1v) is 4.30. The molecule has 0 fully saturated rings. The van der Waals surface area contributed by atoms with Crippen LogP contribution in [0.3, 0.4) is 0 Å². The largest absolute Gasteiger partial charge is 0.460 e. The SMILES string of the molecule is [CH2]CCCC(F)(F)C(F)(F)C(F)(F)C(F)(F)F. The molecule has 0 aromatic carbocycles. The summed E-state index contributed by atoms with van der Waals surface area (Å²) in [4.78, 5) is 0. The molecule has 0 saturated heterocycles. The van der Waals surface area contributed by atoms with Gasteiger partial charge >= 0.3 is 23.9 Å². The lowest BCUT2D eigenvalue weighted by atomic mass is 9.99. The molecule has 1 radical (unpaired) electrons. The minimum absolute atomic E-state index is 0.288. The highest BCUT2D eigenvalue weighted by Crippen LogP contribution is 2.54. The van der Waals surface area contributed by atoms with Gasteiger partial charge in [0, 0.05) is 6.42 Å². The van der Waals surface area contributed by atoms with Gasteiger partial charge in [-0.05, 0) is 6.42 Å². The maximum absolute atomic E-state index is 12.7. The van der Waals surface area contributed by atoms with Gasteiger partial charge in [0.15, 0.2) is 0 Å². The second-order valence-corrected chi connectivity index (χ2v) is 3.31. The lowest BCUT2D eigenvalue weighted by Gasteiger charge is -2.33. The summed E-state index contributed by atoms with van der Waals surface area (Å²) in [7, 11) is 0. The van der Waals surface area contributed by atoms with E-state index in [1.807, 2.05) is 0 Å². The van der Waals surface area contributed by atoms with Crippen molar-refractivity contribution in [3.63, 3.8) is 0 Å². The number of rotatable bonds is 5. The highest BCUT2D eigenvalue weighted by atomic mass is 19.4. The average molecular weight is 275 g/mol. The molecular weight excluding hydrogens is 267 g/mol. The van der Waals surface area contributed by atoms with Gasteiger partial charge in [-0.15, -0.1) is 0 Å². The Balaban J connectivity index is 5.24. The second kappa shape index (κ2) is 4.56. The van der Waals surface area contributed by atoms with E-state index in [2.05, 4.69) is 6.92 Å². The van der Waals surface area contributed by atoms with Crippen LogP contribution in [0.4, 0.5) is 39.5 Å².